The molecule has 0 spiro atoms. The summed E-state index contributed by atoms with van der Waals surface area (Å²) in [6, 6.07) is 14.2. The summed E-state index contributed by atoms with van der Waals surface area (Å²) in [5, 5.41) is 0.773. The van der Waals surface area contributed by atoms with Crippen LogP contribution in [0.4, 0.5) is 0 Å². The molecule has 5 rings (SSSR count). The highest BCUT2D eigenvalue weighted by Gasteiger charge is 2.26. The quantitative estimate of drug-likeness (QED) is 0.436. The molecule has 0 saturated heterocycles. The third-order valence-corrected chi connectivity index (χ3v) is 6.25. The number of nitrogens with zero attached hydrogens (tertiary/aromatic N) is 2. The predicted octanol–water partition coefficient (Wildman–Crippen LogP) is 3.12. The maximum atomic E-state index is 13.3. The molecule has 2 aromatic heterocycles. The van der Waals surface area contributed by atoms with Crippen LogP contribution in [-0.4, -0.2) is 9.13 Å². The van der Waals surface area contributed by atoms with Crippen LogP contribution in [-0.2, 0) is 0 Å². The van der Waals surface area contributed by atoms with Crippen molar-refractivity contribution in [1.82, 2.24) is 9.13 Å². The van der Waals surface area contributed by atoms with E-state index in [1.807, 2.05) is 38.1 Å². The first-order chi connectivity index (χ1) is 15.2. The molecule has 0 aliphatic carbocycles. The average molecular weight is 424 g/mol. The van der Waals surface area contributed by atoms with Crippen LogP contribution in [0.2, 0.25) is 0 Å². The molecule has 158 valence electrons. The van der Waals surface area contributed by atoms with E-state index in [0.717, 1.165) is 20.3 Å². The SMILES string of the molecule is Cc1ccc(-n2c(=O)c3c(C)c4c(=O)n(-c5ccc(C)cc5)c(=O)c4c(C)c3c2=O)cc1. The standard InChI is InChI=1S/C26H20N2O4/c1-13-5-9-17(10-6-13)27-23(29)19-15(3)21-22(16(4)20(19)24(27)30)26(32)28(25(21)31)18-11-7-14(2)8-12-18/h5-12H,1-4H3. The van der Waals surface area contributed by atoms with Gasteiger partial charge in [-0.25, -0.2) is 9.13 Å². The topological polar surface area (TPSA) is 78.1 Å². The van der Waals surface area contributed by atoms with E-state index in [0.29, 0.717) is 22.5 Å². The van der Waals surface area contributed by atoms with Crippen LogP contribution in [0, 0.1) is 27.7 Å². The van der Waals surface area contributed by atoms with Gasteiger partial charge in [0.2, 0.25) is 0 Å². The second kappa shape index (κ2) is 6.72. The number of hydrogen-bond acceptors (Lipinski definition) is 4. The third kappa shape index (κ3) is 2.52. The number of benzene rings is 3. The summed E-state index contributed by atoms with van der Waals surface area (Å²) >= 11 is 0. The van der Waals surface area contributed by atoms with Gasteiger partial charge in [-0.1, -0.05) is 35.4 Å². The number of hydrogen-bond donors (Lipinski definition) is 0. The first-order valence-corrected chi connectivity index (χ1v) is 10.3. The van der Waals surface area contributed by atoms with E-state index in [1.165, 1.54) is 0 Å². The number of aromatic nitrogens is 2. The van der Waals surface area contributed by atoms with Crippen molar-refractivity contribution >= 4 is 21.5 Å². The maximum Gasteiger partial charge on any atom is 0.266 e. The van der Waals surface area contributed by atoms with Crippen LogP contribution < -0.4 is 22.2 Å². The molecule has 5 aromatic rings. The minimum Gasteiger partial charge on any atom is -0.268 e. The molecular weight excluding hydrogens is 404 g/mol. The Morgan fingerprint density at radius 1 is 0.438 bits per heavy atom. The Labute approximate surface area is 182 Å². The van der Waals surface area contributed by atoms with Gasteiger partial charge in [0, 0.05) is 0 Å². The summed E-state index contributed by atoms with van der Waals surface area (Å²) in [6.45, 7) is 7.10. The molecule has 0 atom stereocenters. The summed E-state index contributed by atoms with van der Waals surface area (Å²) in [5.41, 5.74) is 1.73. The molecule has 0 aliphatic heterocycles. The van der Waals surface area contributed by atoms with E-state index in [9.17, 15) is 19.2 Å². The Morgan fingerprint density at radius 2 is 0.688 bits per heavy atom. The van der Waals surface area contributed by atoms with Gasteiger partial charge in [0.1, 0.15) is 0 Å². The Hall–Kier alpha value is -4.06. The zero-order valence-electron chi connectivity index (χ0n) is 18.1. The summed E-state index contributed by atoms with van der Waals surface area (Å²) in [4.78, 5) is 53.4. The van der Waals surface area contributed by atoms with E-state index >= 15 is 0 Å². The fraction of sp³-hybridized carbons (Fsp3) is 0.154. The molecule has 0 radical (unpaired) electrons. The first kappa shape index (κ1) is 19.9. The molecule has 3 aromatic carbocycles. The van der Waals surface area contributed by atoms with Gasteiger partial charge in [0.05, 0.1) is 32.9 Å². The lowest BCUT2D eigenvalue weighted by Crippen LogP contribution is -2.24. The second-order valence-corrected chi connectivity index (χ2v) is 8.31. The molecule has 6 heteroatoms. The minimum absolute atomic E-state index is 0.193. The fourth-order valence-corrected chi connectivity index (χ4v) is 4.56. The van der Waals surface area contributed by atoms with Gasteiger partial charge in [-0.05, 0) is 63.1 Å². The summed E-state index contributed by atoms with van der Waals surface area (Å²) in [5.74, 6) is 0. The summed E-state index contributed by atoms with van der Waals surface area (Å²) < 4.78 is 2.23. The Kier molecular flexibility index (Phi) is 4.17. The van der Waals surface area contributed by atoms with E-state index in [4.69, 9.17) is 0 Å². The van der Waals surface area contributed by atoms with Crippen molar-refractivity contribution in [2.75, 3.05) is 0 Å². The van der Waals surface area contributed by atoms with Crippen LogP contribution in [0.5, 0.6) is 0 Å². The highest BCUT2D eigenvalue weighted by atomic mass is 16.2. The van der Waals surface area contributed by atoms with Crippen molar-refractivity contribution < 1.29 is 0 Å². The third-order valence-electron chi connectivity index (χ3n) is 6.25. The summed E-state index contributed by atoms with van der Waals surface area (Å²) in [6.07, 6.45) is 0. The number of rotatable bonds is 2. The Balaban J connectivity index is 1.95. The highest BCUT2D eigenvalue weighted by molar-refractivity contribution is 6.05. The average Bonchev–Trinajstić information content (AvgIpc) is 3.18. The van der Waals surface area contributed by atoms with Crippen LogP contribution in [0.15, 0.2) is 67.7 Å². The molecule has 0 saturated carbocycles. The minimum atomic E-state index is -0.480. The van der Waals surface area contributed by atoms with Gasteiger partial charge >= 0.3 is 0 Å². The lowest BCUT2D eigenvalue weighted by molar-refractivity contribution is 0.985. The van der Waals surface area contributed by atoms with Gasteiger partial charge in [-0.15, -0.1) is 0 Å². The van der Waals surface area contributed by atoms with Crippen molar-refractivity contribution in [2.45, 2.75) is 27.7 Å². The normalized spacial score (nSPS) is 11.6. The molecular formula is C26H20N2O4. The van der Waals surface area contributed by atoms with Gasteiger partial charge in [0.25, 0.3) is 22.2 Å². The molecule has 6 nitrogen and oxygen atoms in total. The first-order valence-electron chi connectivity index (χ1n) is 10.3. The largest absolute Gasteiger partial charge is 0.268 e. The van der Waals surface area contributed by atoms with Crippen molar-refractivity contribution in [3.8, 4) is 11.4 Å². The molecule has 32 heavy (non-hydrogen) atoms. The van der Waals surface area contributed by atoms with E-state index in [1.54, 1.807) is 38.1 Å². The highest BCUT2D eigenvalue weighted by Crippen LogP contribution is 2.26. The van der Waals surface area contributed by atoms with Crippen LogP contribution in [0.1, 0.15) is 22.3 Å². The fourth-order valence-electron chi connectivity index (χ4n) is 4.56. The number of fused-ring (bicyclic) bond motifs is 2. The van der Waals surface area contributed by atoms with E-state index in [-0.39, 0.29) is 21.5 Å². The second-order valence-electron chi connectivity index (χ2n) is 8.31. The lowest BCUT2D eigenvalue weighted by atomic mass is 9.98. The van der Waals surface area contributed by atoms with Gasteiger partial charge in [-0.3, -0.25) is 19.2 Å². The molecule has 0 N–H and O–H groups in total. The van der Waals surface area contributed by atoms with Crippen LogP contribution in [0.3, 0.4) is 0 Å². The molecule has 0 amide bonds. The molecule has 0 bridgehead atoms. The molecule has 0 aliphatic rings. The maximum absolute atomic E-state index is 13.3. The summed E-state index contributed by atoms with van der Waals surface area (Å²) in [7, 11) is 0. The predicted molar refractivity (Wildman–Crippen MR) is 127 cm³/mol. The van der Waals surface area contributed by atoms with Gasteiger partial charge in [0.15, 0.2) is 0 Å². The Morgan fingerprint density at radius 3 is 0.938 bits per heavy atom. The monoisotopic (exact) mass is 424 g/mol. The van der Waals surface area contributed by atoms with Crippen LogP contribution in [0.25, 0.3) is 32.9 Å². The van der Waals surface area contributed by atoms with E-state index in [2.05, 4.69) is 0 Å². The van der Waals surface area contributed by atoms with Crippen molar-refractivity contribution in [2.24, 2.45) is 0 Å². The molecule has 0 unspecified atom stereocenters. The smallest absolute Gasteiger partial charge is 0.266 e. The van der Waals surface area contributed by atoms with Crippen molar-refractivity contribution in [1.29, 1.82) is 0 Å². The van der Waals surface area contributed by atoms with Crippen LogP contribution >= 0.6 is 0 Å². The lowest BCUT2D eigenvalue weighted by Gasteiger charge is -2.00. The zero-order valence-corrected chi connectivity index (χ0v) is 18.1. The van der Waals surface area contributed by atoms with E-state index < -0.39 is 22.2 Å². The van der Waals surface area contributed by atoms with Crippen molar-refractivity contribution in [3.05, 3.63) is 112 Å². The molecule has 2 heterocycles. The molecule has 0 fully saturated rings. The van der Waals surface area contributed by atoms with Gasteiger partial charge in [-0.2, -0.15) is 0 Å². The zero-order chi connectivity index (χ0) is 22.9. The Bertz CT molecular complexity index is 1550. The van der Waals surface area contributed by atoms with Gasteiger partial charge < -0.3 is 0 Å². The van der Waals surface area contributed by atoms with Crippen molar-refractivity contribution in [3.63, 3.8) is 0 Å². The number of aryl methyl sites for hydroxylation is 4.